The van der Waals surface area contributed by atoms with E-state index < -0.39 is 0 Å². The molecule has 0 aliphatic heterocycles. The maximum absolute atomic E-state index is 3.72. The first-order chi connectivity index (χ1) is 7.74. The molecule has 2 saturated carbocycles. The highest BCUT2D eigenvalue weighted by Crippen LogP contribution is 2.31. The second-order valence-corrected chi connectivity index (χ2v) is 6.07. The zero-order valence-electron chi connectivity index (χ0n) is 11.0. The fourth-order valence-corrected chi connectivity index (χ4v) is 3.44. The van der Waals surface area contributed by atoms with Crippen LogP contribution in [0.5, 0.6) is 0 Å². The minimum atomic E-state index is 0.459. The van der Waals surface area contributed by atoms with Crippen LogP contribution in [0.15, 0.2) is 0 Å². The van der Waals surface area contributed by atoms with Crippen LogP contribution in [-0.2, 0) is 0 Å². The van der Waals surface area contributed by atoms with Gasteiger partial charge in [0.2, 0.25) is 0 Å². The van der Waals surface area contributed by atoms with Gasteiger partial charge in [-0.05, 0) is 51.6 Å². The van der Waals surface area contributed by atoms with Gasteiger partial charge < -0.3 is 10.6 Å². The average molecular weight is 224 g/mol. The summed E-state index contributed by atoms with van der Waals surface area (Å²) >= 11 is 0. The van der Waals surface area contributed by atoms with Crippen LogP contribution in [-0.4, -0.2) is 25.2 Å². The summed E-state index contributed by atoms with van der Waals surface area (Å²) in [4.78, 5) is 0. The van der Waals surface area contributed by atoms with Gasteiger partial charge in [-0.25, -0.2) is 0 Å². The lowest BCUT2D eigenvalue weighted by Crippen LogP contribution is -2.48. The molecule has 0 unspecified atom stereocenters. The van der Waals surface area contributed by atoms with E-state index in [2.05, 4.69) is 24.6 Å². The molecule has 0 aromatic rings. The molecule has 2 rings (SSSR count). The highest BCUT2D eigenvalue weighted by molar-refractivity contribution is 4.91. The Morgan fingerprint density at radius 1 is 1.12 bits per heavy atom. The lowest BCUT2D eigenvalue weighted by atomic mass is 9.78. The summed E-state index contributed by atoms with van der Waals surface area (Å²) in [6.07, 6.45) is 11.1. The molecule has 0 heterocycles. The summed E-state index contributed by atoms with van der Waals surface area (Å²) in [5.41, 5.74) is 0.459. The van der Waals surface area contributed by atoms with Crippen molar-refractivity contribution >= 4 is 0 Å². The third-order valence-corrected chi connectivity index (χ3v) is 4.75. The van der Waals surface area contributed by atoms with Gasteiger partial charge in [0.15, 0.2) is 0 Å². The van der Waals surface area contributed by atoms with Gasteiger partial charge in [0.05, 0.1) is 0 Å². The molecule has 0 atom stereocenters. The molecule has 0 aromatic heterocycles. The molecule has 0 amide bonds. The van der Waals surface area contributed by atoms with Crippen LogP contribution < -0.4 is 10.6 Å². The molecular weight excluding hydrogens is 196 g/mol. The summed E-state index contributed by atoms with van der Waals surface area (Å²) in [6.45, 7) is 3.56. The van der Waals surface area contributed by atoms with Crippen LogP contribution >= 0.6 is 0 Å². The third-order valence-electron chi connectivity index (χ3n) is 4.75. The van der Waals surface area contributed by atoms with E-state index in [0.29, 0.717) is 5.54 Å². The maximum Gasteiger partial charge on any atom is 0.0190 e. The van der Waals surface area contributed by atoms with Crippen LogP contribution in [0.1, 0.15) is 58.3 Å². The number of hydrogen-bond acceptors (Lipinski definition) is 2. The largest absolute Gasteiger partial charge is 0.314 e. The zero-order chi connectivity index (χ0) is 11.4. The second kappa shape index (κ2) is 5.50. The summed E-state index contributed by atoms with van der Waals surface area (Å²) in [7, 11) is 2.15. The molecule has 0 spiro atoms. The van der Waals surface area contributed by atoms with E-state index in [9.17, 15) is 0 Å². The topological polar surface area (TPSA) is 24.1 Å². The Hall–Kier alpha value is -0.0800. The van der Waals surface area contributed by atoms with Crippen molar-refractivity contribution in [2.24, 2.45) is 5.92 Å². The van der Waals surface area contributed by atoms with Crippen molar-refractivity contribution in [1.82, 2.24) is 10.6 Å². The molecule has 2 nitrogen and oxygen atoms in total. The Labute approximate surface area is 101 Å². The van der Waals surface area contributed by atoms with Gasteiger partial charge in [0, 0.05) is 11.6 Å². The smallest absolute Gasteiger partial charge is 0.0190 e. The van der Waals surface area contributed by atoms with E-state index in [1.165, 1.54) is 57.9 Å². The number of nitrogens with one attached hydrogen (secondary N) is 2. The van der Waals surface area contributed by atoms with Crippen molar-refractivity contribution in [2.75, 3.05) is 13.6 Å². The predicted molar refractivity (Wildman–Crippen MR) is 69.7 cm³/mol. The fourth-order valence-electron chi connectivity index (χ4n) is 3.44. The molecule has 94 valence electrons. The van der Waals surface area contributed by atoms with Crippen molar-refractivity contribution in [3.8, 4) is 0 Å². The Balaban J connectivity index is 1.66. The number of rotatable bonds is 5. The summed E-state index contributed by atoms with van der Waals surface area (Å²) < 4.78 is 0. The molecule has 2 heteroatoms. The van der Waals surface area contributed by atoms with Crippen molar-refractivity contribution in [3.63, 3.8) is 0 Å². The van der Waals surface area contributed by atoms with E-state index in [1.807, 2.05) is 0 Å². The van der Waals surface area contributed by atoms with Crippen molar-refractivity contribution in [3.05, 3.63) is 0 Å². The monoisotopic (exact) mass is 224 g/mol. The van der Waals surface area contributed by atoms with Crippen LogP contribution in [0, 0.1) is 5.92 Å². The Bertz CT molecular complexity index is 203. The van der Waals surface area contributed by atoms with Gasteiger partial charge >= 0.3 is 0 Å². The van der Waals surface area contributed by atoms with Crippen LogP contribution in [0.4, 0.5) is 0 Å². The van der Waals surface area contributed by atoms with Crippen LogP contribution in [0.2, 0.25) is 0 Å². The lowest BCUT2D eigenvalue weighted by Gasteiger charge is -2.39. The molecule has 0 aromatic carbocycles. The minimum Gasteiger partial charge on any atom is -0.314 e. The normalized spacial score (nSPS) is 33.4. The maximum atomic E-state index is 3.72. The van der Waals surface area contributed by atoms with Gasteiger partial charge in [-0.15, -0.1) is 0 Å². The fraction of sp³-hybridized carbons (Fsp3) is 1.00. The van der Waals surface area contributed by atoms with Crippen molar-refractivity contribution in [1.29, 1.82) is 0 Å². The molecule has 2 N–H and O–H groups in total. The van der Waals surface area contributed by atoms with E-state index in [0.717, 1.165) is 12.0 Å². The van der Waals surface area contributed by atoms with E-state index in [4.69, 9.17) is 0 Å². The number of hydrogen-bond donors (Lipinski definition) is 2. The molecule has 0 radical (unpaired) electrons. The highest BCUT2D eigenvalue weighted by Gasteiger charge is 2.30. The zero-order valence-corrected chi connectivity index (χ0v) is 11.0. The van der Waals surface area contributed by atoms with Crippen LogP contribution in [0.25, 0.3) is 0 Å². The summed E-state index contributed by atoms with van der Waals surface area (Å²) in [6, 6.07) is 0.826. The molecule has 0 saturated heterocycles. The van der Waals surface area contributed by atoms with Gasteiger partial charge in [-0.2, -0.15) is 0 Å². The highest BCUT2D eigenvalue weighted by atomic mass is 15.0. The molecule has 2 fully saturated rings. The quantitative estimate of drug-likeness (QED) is 0.750. The Morgan fingerprint density at radius 2 is 1.81 bits per heavy atom. The predicted octanol–water partition coefficient (Wildman–Crippen LogP) is 2.69. The van der Waals surface area contributed by atoms with E-state index in [1.54, 1.807) is 0 Å². The molecular formula is C14H28N2. The van der Waals surface area contributed by atoms with Gasteiger partial charge in [-0.1, -0.05) is 26.2 Å². The van der Waals surface area contributed by atoms with Crippen molar-refractivity contribution in [2.45, 2.75) is 69.9 Å². The van der Waals surface area contributed by atoms with E-state index in [-0.39, 0.29) is 0 Å². The first-order valence-corrected chi connectivity index (χ1v) is 7.16. The van der Waals surface area contributed by atoms with Crippen molar-refractivity contribution < 1.29 is 0 Å². The second-order valence-electron chi connectivity index (χ2n) is 6.07. The van der Waals surface area contributed by atoms with Gasteiger partial charge in [-0.3, -0.25) is 0 Å². The third kappa shape index (κ3) is 2.98. The average Bonchev–Trinajstić information content (AvgIpc) is 2.28. The van der Waals surface area contributed by atoms with E-state index >= 15 is 0 Å². The molecule has 2 aliphatic rings. The minimum absolute atomic E-state index is 0.459. The first kappa shape index (κ1) is 12.4. The summed E-state index contributed by atoms with van der Waals surface area (Å²) in [5, 5.41) is 7.31. The van der Waals surface area contributed by atoms with Gasteiger partial charge in [0.1, 0.15) is 0 Å². The molecule has 16 heavy (non-hydrogen) atoms. The lowest BCUT2D eigenvalue weighted by molar-refractivity contribution is 0.202. The first-order valence-electron chi connectivity index (χ1n) is 7.16. The molecule has 0 bridgehead atoms. The van der Waals surface area contributed by atoms with Gasteiger partial charge in [0.25, 0.3) is 0 Å². The van der Waals surface area contributed by atoms with Crippen LogP contribution in [0.3, 0.4) is 0 Å². The summed E-state index contributed by atoms with van der Waals surface area (Å²) in [5.74, 6) is 0.963. The SMILES string of the molecule is CNC1(CCNC2CC(C)C2)CCCCC1. The Kier molecular flexibility index (Phi) is 4.26. The molecule has 2 aliphatic carbocycles. The Morgan fingerprint density at radius 3 is 2.38 bits per heavy atom. The standard InChI is InChI=1S/C14H28N2/c1-12-10-13(11-12)16-9-8-14(15-2)6-4-3-5-7-14/h12-13,15-16H,3-11H2,1-2H3.